The average Bonchev–Trinajstić information content (AvgIpc) is 2.74. The van der Waals surface area contributed by atoms with Gasteiger partial charge in [-0.2, -0.15) is 0 Å². The monoisotopic (exact) mass is 411 g/mol. The van der Waals surface area contributed by atoms with E-state index in [1.807, 2.05) is 0 Å². The largest absolute Gasteiger partial charge is 0.317 e. The van der Waals surface area contributed by atoms with Gasteiger partial charge in [0.05, 0.1) is 0 Å². The molecule has 0 aromatic rings. The number of rotatable bonds is 25. The highest BCUT2D eigenvalue weighted by Gasteiger charge is 2.06. The minimum atomic E-state index is 0.326. The third-order valence-electron chi connectivity index (χ3n) is 6.49. The fourth-order valence-corrected chi connectivity index (χ4v) is 4.38. The van der Waals surface area contributed by atoms with Crippen LogP contribution in [0.15, 0.2) is 0 Å². The van der Waals surface area contributed by atoms with Crippen LogP contribution in [0.2, 0.25) is 0 Å². The van der Waals surface area contributed by atoms with E-state index in [4.69, 9.17) is 0 Å². The SMILES string of the molecule is CCCCCCCCCCCCCCCCC(CCCCCCCCCC)NO. The van der Waals surface area contributed by atoms with Gasteiger partial charge < -0.3 is 5.21 Å². The van der Waals surface area contributed by atoms with Crippen molar-refractivity contribution in [1.82, 2.24) is 5.48 Å². The number of hydrogen-bond donors (Lipinski definition) is 2. The summed E-state index contributed by atoms with van der Waals surface area (Å²) in [6, 6.07) is 0.326. The topological polar surface area (TPSA) is 32.3 Å². The van der Waals surface area contributed by atoms with Gasteiger partial charge in [-0.25, -0.2) is 5.48 Å². The first-order chi connectivity index (χ1) is 14.3. The van der Waals surface area contributed by atoms with E-state index >= 15 is 0 Å². The lowest BCUT2D eigenvalue weighted by Crippen LogP contribution is -2.25. The van der Waals surface area contributed by atoms with E-state index in [9.17, 15) is 5.21 Å². The van der Waals surface area contributed by atoms with Gasteiger partial charge in [-0.15, -0.1) is 0 Å². The molecule has 2 nitrogen and oxygen atoms in total. The summed E-state index contributed by atoms with van der Waals surface area (Å²) < 4.78 is 0. The van der Waals surface area contributed by atoms with Crippen LogP contribution in [0.5, 0.6) is 0 Å². The van der Waals surface area contributed by atoms with Crippen LogP contribution in [-0.2, 0) is 0 Å². The molecule has 0 aromatic carbocycles. The van der Waals surface area contributed by atoms with Crippen molar-refractivity contribution in [3.8, 4) is 0 Å². The third kappa shape index (κ3) is 24.1. The molecule has 2 heteroatoms. The third-order valence-corrected chi connectivity index (χ3v) is 6.49. The molecule has 2 N–H and O–H groups in total. The lowest BCUT2D eigenvalue weighted by atomic mass is 10.00. The summed E-state index contributed by atoms with van der Waals surface area (Å²) in [4.78, 5) is 0. The second kappa shape index (κ2) is 26.0. The summed E-state index contributed by atoms with van der Waals surface area (Å²) in [5.41, 5.74) is 2.57. The molecule has 0 rings (SSSR count). The van der Waals surface area contributed by atoms with Crippen molar-refractivity contribution < 1.29 is 5.21 Å². The number of unbranched alkanes of at least 4 members (excludes halogenated alkanes) is 20. The summed E-state index contributed by atoms with van der Waals surface area (Å²) >= 11 is 0. The maximum Gasteiger partial charge on any atom is 0.0319 e. The Morgan fingerprint density at radius 2 is 0.655 bits per heavy atom. The minimum Gasteiger partial charge on any atom is -0.317 e. The van der Waals surface area contributed by atoms with Crippen LogP contribution in [0.1, 0.15) is 168 Å². The van der Waals surface area contributed by atoms with Gasteiger partial charge >= 0.3 is 0 Å². The van der Waals surface area contributed by atoms with Gasteiger partial charge in [0.25, 0.3) is 0 Å². The highest BCUT2D eigenvalue weighted by Crippen LogP contribution is 2.16. The van der Waals surface area contributed by atoms with Crippen molar-refractivity contribution in [2.24, 2.45) is 0 Å². The molecule has 0 spiro atoms. The minimum absolute atomic E-state index is 0.326. The summed E-state index contributed by atoms with van der Waals surface area (Å²) in [5, 5.41) is 9.38. The van der Waals surface area contributed by atoms with E-state index in [1.54, 1.807) is 0 Å². The highest BCUT2D eigenvalue weighted by molar-refractivity contribution is 4.63. The standard InChI is InChI=1S/C27H57NO/c1-3-5-7-9-11-13-14-15-16-17-18-20-22-24-26-27(28-29)25-23-21-19-12-10-8-6-4-2/h27-29H,3-26H2,1-2H3. The lowest BCUT2D eigenvalue weighted by Gasteiger charge is -2.14. The summed E-state index contributed by atoms with van der Waals surface area (Å²) in [7, 11) is 0. The van der Waals surface area contributed by atoms with Crippen LogP contribution < -0.4 is 5.48 Å². The molecule has 0 bridgehead atoms. The predicted octanol–water partition coefficient (Wildman–Crippen LogP) is 9.74. The van der Waals surface area contributed by atoms with Crippen LogP contribution in [0, 0.1) is 0 Å². The molecule has 0 aliphatic rings. The maximum absolute atomic E-state index is 9.38. The van der Waals surface area contributed by atoms with E-state index in [2.05, 4.69) is 19.3 Å². The Hall–Kier alpha value is -0.0800. The summed E-state index contributed by atoms with van der Waals surface area (Å²) in [6.07, 6.45) is 33.0. The van der Waals surface area contributed by atoms with Gasteiger partial charge in [-0.1, -0.05) is 155 Å². The predicted molar refractivity (Wildman–Crippen MR) is 131 cm³/mol. The Kier molecular flexibility index (Phi) is 25.9. The van der Waals surface area contributed by atoms with Gasteiger partial charge in [0.1, 0.15) is 0 Å². The fourth-order valence-electron chi connectivity index (χ4n) is 4.38. The van der Waals surface area contributed by atoms with Crippen molar-refractivity contribution in [3.05, 3.63) is 0 Å². The first-order valence-corrected chi connectivity index (χ1v) is 13.7. The van der Waals surface area contributed by atoms with E-state index in [1.165, 1.54) is 141 Å². The maximum atomic E-state index is 9.38. The number of hydroxylamine groups is 1. The molecule has 1 unspecified atom stereocenters. The van der Waals surface area contributed by atoms with Gasteiger partial charge in [0.2, 0.25) is 0 Å². The fraction of sp³-hybridized carbons (Fsp3) is 1.00. The molecule has 0 saturated heterocycles. The first kappa shape index (κ1) is 28.9. The van der Waals surface area contributed by atoms with E-state index in [0.29, 0.717) is 6.04 Å². The number of hydrogen-bond acceptors (Lipinski definition) is 2. The van der Waals surface area contributed by atoms with Crippen LogP contribution in [0.3, 0.4) is 0 Å². The average molecular weight is 412 g/mol. The Morgan fingerprint density at radius 3 is 0.897 bits per heavy atom. The van der Waals surface area contributed by atoms with E-state index in [-0.39, 0.29) is 0 Å². The molecule has 0 aliphatic heterocycles. The van der Waals surface area contributed by atoms with Gasteiger partial charge in [-0.05, 0) is 12.8 Å². The quantitative estimate of drug-likeness (QED) is 0.116. The lowest BCUT2D eigenvalue weighted by molar-refractivity contribution is 0.114. The van der Waals surface area contributed by atoms with Crippen LogP contribution in [0.4, 0.5) is 0 Å². The van der Waals surface area contributed by atoms with Crippen molar-refractivity contribution in [1.29, 1.82) is 0 Å². The summed E-state index contributed by atoms with van der Waals surface area (Å²) in [5.74, 6) is 0. The zero-order valence-electron chi connectivity index (χ0n) is 20.5. The molecule has 1 atom stereocenters. The molecule has 0 amide bonds. The normalized spacial score (nSPS) is 12.5. The first-order valence-electron chi connectivity index (χ1n) is 13.7. The van der Waals surface area contributed by atoms with Gasteiger partial charge in [-0.3, -0.25) is 0 Å². The molecule has 0 aromatic heterocycles. The Bertz CT molecular complexity index is 282. The van der Waals surface area contributed by atoms with Crippen molar-refractivity contribution in [3.63, 3.8) is 0 Å². The smallest absolute Gasteiger partial charge is 0.0319 e. The molecule has 0 fully saturated rings. The molecule has 0 radical (unpaired) electrons. The van der Waals surface area contributed by atoms with Crippen molar-refractivity contribution in [2.45, 2.75) is 174 Å². The second-order valence-electron chi connectivity index (χ2n) is 9.47. The second-order valence-corrected chi connectivity index (χ2v) is 9.47. The van der Waals surface area contributed by atoms with Crippen molar-refractivity contribution >= 4 is 0 Å². The zero-order chi connectivity index (χ0) is 21.3. The van der Waals surface area contributed by atoms with Crippen LogP contribution in [-0.4, -0.2) is 11.2 Å². The Morgan fingerprint density at radius 1 is 0.414 bits per heavy atom. The summed E-state index contributed by atoms with van der Waals surface area (Å²) in [6.45, 7) is 4.57. The molecule has 0 aliphatic carbocycles. The van der Waals surface area contributed by atoms with Crippen LogP contribution in [0.25, 0.3) is 0 Å². The molecular formula is C27H57NO. The van der Waals surface area contributed by atoms with Crippen LogP contribution >= 0.6 is 0 Å². The molecular weight excluding hydrogens is 354 g/mol. The Balaban J connectivity index is 3.25. The highest BCUT2D eigenvalue weighted by atomic mass is 16.5. The Labute approximate surface area is 185 Å². The van der Waals surface area contributed by atoms with Gasteiger partial charge in [0.15, 0.2) is 0 Å². The molecule has 176 valence electrons. The molecule has 0 saturated carbocycles. The van der Waals surface area contributed by atoms with E-state index in [0.717, 1.165) is 12.8 Å². The van der Waals surface area contributed by atoms with Crippen molar-refractivity contribution in [2.75, 3.05) is 0 Å². The van der Waals surface area contributed by atoms with E-state index < -0.39 is 0 Å². The molecule has 0 heterocycles. The zero-order valence-corrected chi connectivity index (χ0v) is 20.5. The molecule has 29 heavy (non-hydrogen) atoms. The van der Waals surface area contributed by atoms with Gasteiger partial charge in [0, 0.05) is 6.04 Å². The number of nitrogens with one attached hydrogen (secondary N) is 1.